The van der Waals surface area contributed by atoms with Gasteiger partial charge in [0.2, 0.25) is 0 Å². The normalized spacial score (nSPS) is 11.0. The van der Waals surface area contributed by atoms with Gasteiger partial charge in [-0.1, -0.05) is 60.7 Å². The van der Waals surface area contributed by atoms with Gasteiger partial charge in [0.05, 0.1) is 40.1 Å². The highest BCUT2D eigenvalue weighted by atomic mass is 16.6. The van der Waals surface area contributed by atoms with E-state index in [0.717, 1.165) is 45.6 Å². The Morgan fingerprint density at radius 2 is 1.49 bits per heavy atom. The Hall–Kier alpha value is -5.77. The maximum atomic E-state index is 11.6. The number of aromatic nitrogens is 1. The van der Waals surface area contributed by atoms with Gasteiger partial charge in [-0.25, -0.2) is 0 Å². The van der Waals surface area contributed by atoms with E-state index < -0.39 is 15.5 Å². The summed E-state index contributed by atoms with van der Waals surface area (Å²) in [6, 6.07) is 33.0. The fraction of sp³-hybridized carbons (Fsp3) is 0.0645. The van der Waals surface area contributed by atoms with Gasteiger partial charge >= 0.3 is 5.69 Å². The lowest BCUT2D eigenvalue weighted by molar-refractivity contribution is -0.393. The summed E-state index contributed by atoms with van der Waals surface area (Å²) in [6.07, 6.45) is 1.59. The van der Waals surface area contributed by atoms with E-state index in [4.69, 9.17) is 4.74 Å². The molecule has 0 saturated heterocycles. The van der Waals surface area contributed by atoms with Crippen molar-refractivity contribution >= 4 is 23.3 Å². The van der Waals surface area contributed by atoms with E-state index in [1.54, 1.807) is 6.21 Å². The van der Waals surface area contributed by atoms with E-state index >= 15 is 0 Å². The van der Waals surface area contributed by atoms with Crippen molar-refractivity contribution < 1.29 is 14.6 Å². The standard InChI is InChI=1S/C31H25N5O5/c1-2-41-27-16-13-25(14-17-27)34-29(22-9-5-3-6-10-22)19-24(31(34)23-11-7-4-8-12-23)21-32-33-28-18-15-26(35(37)38)20-30(28)36(39)40/h3-21,33H,2H2,1H3/b32-21-. The molecule has 1 N–H and O–H groups in total. The number of benzene rings is 4. The van der Waals surface area contributed by atoms with Crippen LogP contribution in [0.25, 0.3) is 28.2 Å². The molecule has 0 amide bonds. The number of nitrogens with zero attached hydrogens (tertiary/aromatic N) is 4. The minimum atomic E-state index is -0.684. The number of nitrogens with one attached hydrogen (secondary N) is 1. The zero-order valence-electron chi connectivity index (χ0n) is 22.0. The van der Waals surface area contributed by atoms with Gasteiger partial charge < -0.3 is 9.30 Å². The lowest BCUT2D eigenvalue weighted by Gasteiger charge is -2.15. The molecule has 0 spiro atoms. The molecule has 0 atom stereocenters. The largest absolute Gasteiger partial charge is 0.494 e. The number of non-ortho nitro benzene ring substituents is 1. The molecule has 41 heavy (non-hydrogen) atoms. The Morgan fingerprint density at radius 1 is 0.829 bits per heavy atom. The number of nitro groups is 2. The van der Waals surface area contributed by atoms with Crippen molar-refractivity contribution in [3.8, 4) is 34.0 Å². The first-order valence-corrected chi connectivity index (χ1v) is 12.8. The maximum Gasteiger partial charge on any atom is 0.301 e. The predicted octanol–water partition coefficient (Wildman–Crippen LogP) is 7.47. The fourth-order valence-electron chi connectivity index (χ4n) is 4.52. The average Bonchev–Trinajstić information content (AvgIpc) is 3.38. The highest BCUT2D eigenvalue weighted by molar-refractivity contribution is 5.94. The summed E-state index contributed by atoms with van der Waals surface area (Å²) < 4.78 is 7.78. The maximum absolute atomic E-state index is 11.6. The average molecular weight is 548 g/mol. The van der Waals surface area contributed by atoms with Crippen molar-refractivity contribution in [3.63, 3.8) is 0 Å². The summed E-state index contributed by atoms with van der Waals surface area (Å²) in [5, 5.41) is 27.0. The Kier molecular flexibility index (Phi) is 7.82. The first-order valence-electron chi connectivity index (χ1n) is 12.8. The summed E-state index contributed by atoms with van der Waals surface area (Å²) in [4.78, 5) is 21.3. The molecule has 1 aromatic heterocycles. The topological polar surface area (TPSA) is 125 Å². The molecular weight excluding hydrogens is 522 g/mol. The van der Waals surface area contributed by atoms with Crippen molar-refractivity contribution in [2.75, 3.05) is 12.0 Å². The van der Waals surface area contributed by atoms with Gasteiger partial charge in [-0.3, -0.25) is 25.7 Å². The first-order chi connectivity index (χ1) is 20.0. The van der Waals surface area contributed by atoms with Gasteiger partial charge in [-0.05, 0) is 54.4 Å². The molecule has 10 heteroatoms. The molecule has 0 radical (unpaired) electrons. The van der Waals surface area contributed by atoms with Crippen LogP contribution in [-0.2, 0) is 0 Å². The predicted molar refractivity (Wildman–Crippen MR) is 159 cm³/mol. The van der Waals surface area contributed by atoms with Crippen molar-refractivity contribution in [1.82, 2.24) is 4.57 Å². The molecule has 5 rings (SSSR count). The number of hydrogen-bond donors (Lipinski definition) is 1. The molecule has 0 aliphatic heterocycles. The highest BCUT2D eigenvalue weighted by Crippen LogP contribution is 2.36. The number of hydrazone groups is 1. The van der Waals surface area contributed by atoms with Crippen molar-refractivity contribution in [2.24, 2.45) is 5.10 Å². The molecule has 10 nitrogen and oxygen atoms in total. The first kappa shape index (κ1) is 26.8. The Morgan fingerprint density at radius 3 is 2.10 bits per heavy atom. The summed E-state index contributed by atoms with van der Waals surface area (Å²) >= 11 is 0. The summed E-state index contributed by atoms with van der Waals surface area (Å²) in [7, 11) is 0. The second-order valence-corrected chi connectivity index (χ2v) is 8.91. The van der Waals surface area contributed by atoms with Crippen molar-refractivity contribution in [1.29, 1.82) is 0 Å². The van der Waals surface area contributed by atoms with Crippen LogP contribution >= 0.6 is 0 Å². The molecular formula is C31H25N5O5. The van der Waals surface area contributed by atoms with Gasteiger partial charge in [-0.2, -0.15) is 5.10 Å². The Labute approximate surface area is 235 Å². The molecule has 0 aliphatic rings. The summed E-state index contributed by atoms with van der Waals surface area (Å²) in [5.74, 6) is 0.765. The number of nitro benzene ring substituents is 2. The van der Waals surface area contributed by atoms with Crippen LogP contribution in [0.3, 0.4) is 0 Å². The third-order valence-corrected chi connectivity index (χ3v) is 6.33. The van der Waals surface area contributed by atoms with E-state index in [1.165, 1.54) is 12.1 Å². The Bertz CT molecular complexity index is 1720. The lowest BCUT2D eigenvalue weighted by Crippen LogP contribution is -2.01. The molecule has 0 aliphatic carbocycles. The second kappa shape index (κ2) is 12.0. The zero-order valence-corrected chi connectivity index (χ0v) is 22.0. The van der Waals surface area contributed by atoms with Crippen LogP contribution in [0, 0.1) is 20.2 Å². The lowest BCUT2D eigenvalue weighted by atomic mass is 10.1. The van der Waals surface area contributed by atoms with Gasteiger partial charge in [-0.15, -0.1) is 0 Å². The molecule has 5 aromatic rings. The van der Waals surface area contributed by atoms with Crippen LogP contribution in [0.1, 0.15) is 12.5 Å². The second-order valence-electron chi connectivity index (χ2n) is 8.91. The molecule has 4 aromatic carbocycles. The number of hydrogen-bond acceptors (Lipinski definition) is 7. The van der Waals surface area contributed by atoms with Crippen LogP contribution in [-0.4, -0.2) is 27.2 Å². The van der Waals surface area contributed by atoms with E-state index in [-0.39, 0.29) is 11.4 Å². The van der Waals surface area contributed by atoms with Crippen LogP contribution < -0.4 is 10.2 Å². The van der Waals surface area contributed by atoms with E-state index in [2.05, 4.69) is 15.1 Å². The van der Waals surface area contributed by atoms with E-state index in [0.29, 0.717) is 6.61 Å². The van der Waals surface area contributed by atoms with Crippen molar-refractivity contribution in [2.45, 2.75) is 6.92 Å². The molecule has 0 unspecified atom stereocenters. The fourth-order valence-corrected chi connectivity index (χ4v) is 4.52. The van der Waals surface area contributed by atoms with Crippen LogP contribution in [0.15, 0.2) is 114 Å². The number of rotatable bonds is 10. The number of ether oxygens (including phenoxy) is 1. The number of anilines is 1. The molecule has 0 saturated carbocycles. The van der Waals surface area contributed by atoms with Crippen LogP contribution in [0.2, 0.25) is 0 Å². The van der Waals surface area contributed by atoms with Gasteiger partial charge in [0.1, 0.15) is 11.4 Å². The van der Waals surface area contributed by atoms with Gasteiger partial charge in [0.25, 0.3) is 5.69 Å². The monoisotopic (exact) mass is 547 g/mol. The highest BCUT2D eigenvalue weighted by Gasteiger charge is 2.21. The minimum absolute atomic E-state index is 0.0346. The summed E-state index contributed by atoms with van der Waals surface area (Å²) in [6.45, 7) is 2.50. The van der Waals surface area contributed by atoms with Crippen LogP contribution in [0.5, 0.6) is 5.75 Å². The molecule has 204 valence electrons. The van der Waals surface area contributed by atoms with Gasteiger partial charge in [0, 0.05) is 17.3 Å². The smallest absolute Gasteiger partial charge is 0.301 e. The van der Waals surface area contributed by atoms with E-state index in [1.807, 2.05) is 97.9 Å². The Balaban J connectivity index is 1.64. The van der Waals surface area contributed by atoms with Gasteiger partial charge in [0.15, 0.2) is 0 Å². The third kappa shape index (κ3) is 5.81. The quantitative estimate of drug-likeness (QED) is 0.110. The third-order valence-electron chi connectivity index (χ3n) is 6.33. The molecule has 0 bridgehead atoms. The molecule has 0 fully saturated rings. The zero-order chi connectivity index (χ0) is 28.8. The van der Waals surface area contributed by atoms with Crippen LogP contribution in [0.4, 0.5) is 17.1 Å². The SMILES string of the molecule is CCOc1ccc(-n2c(-c3ccccc3)cc(/C=N\Nc3ccc([N+](=O)[O-])cc3[N+](=O)[O-])c2-c2ccccc2)cc1. The van der Waals surface area contributed by atoms with E-state index in [9.17, 15) is 20.2 Å². The minimum Gasteiger partial charge on any atom is -0.494 e. The van der Waals surface area contributed by atoms with Crippen molar-refractivity contribution in [3.05, 3.63) is 135 Å². The summed E-state index contributed by atoms with van der Waals surface area (Å²) in [5.41, 5.74) is 7.26. The molecule has 1 heterocycles.